The third kappa shape index (κ3) is 1.15. The van der Waals surface area contributed by atoms with E-state index in [9.17, 15) is 0 Å². The van der Waals surface area contributed by atoms with Crippen molar-refractivity contribution in [2.45, 2.75) is 20.4 Å². The average Bonchev–Trinajstić information content (AvgIpc) is 2.71. The molecule has 0 unspecified atom stereocenters. The molecule has 0 saturated carbocycles. The first-order chi connectivity index (χ1) is 6.74. The van der Waals surface area contributed by atoms with Gasteiger partial charge in [-0.05, 0) is 13.8 Å². The van der Waals surface area contributed by atoms with Gasteiger partial charge < -0.3 is 10.3 Å². The van der Waals surface area contributed by atoms with Crippen molar-refractivity contribution in [1.29, 1.82) is 0 Å². The first-order valence-corrected chi connectivity index (χ1v) is 4.43. The zero-order valence-corrected chi connectivity index (χ0v) is 8.15. The lowest BCUT2D eigenvalue weighted by atomic mass is 10.3. The lowest BCUT2D eigenvalue weighted by Crippen LogP contribution is -2.00. The van der Waals surface area contributed by atoms with E-state index in [2.05, 4.69) is 20.4 Å². The average molecular weight is 192 g/mol. The highest BCUT2D eigenvalue weighted by molar-refractivity contribution is 5.67. The Morgan fingerprint density at radius 2 is 2.29 bits per heavy atom. The largest absolute Gasteiger partial charge is 0.383 e. The van der Waals surface area contributed by atoms with Crippen molar-refractivity contribution in [3.05, 3.63) is 12.0 Å². The molecule has 6 nitrogen and oxygen atoms in total. The van der Waals surface area contributed by atoms with Gasteiger partial charge in [0, 0.05) is 6.54 Å². The summed E-state index contributed by atoms with van der Waals surface area (Å²) in [5.41, 5.74) is 6.50. The van der Waals surface area contributed by atoms with E-state index in [1.807, 2.05) is 18.4 Å². The van der Waals surface area contributed by atoms with Crippen LogP contribution in [0.5, 0.6) is 0 Å². The molecule has 0 aliphatic rings. The maximum atomic E-state index is 5.71. The molecule has 2 aromatic rings. The van der Waals surface area contributed by atoms with Crippen LogP contribution in [0.3, 0.4) is 0 Å². The Morgan fingerprint density at radius 3 is 2.86 bits per heavy atom. The van der Waals surface area contributed by atoms with Gasteiger partial charge in [-0.1, -0.05) is 0 Å². The molecule has 0 bridgehead atoms. The topological polar surface area (TPSA) is 85.4 Å². The SMILES string of the molecule is CCn1c(C)nnc1-c1cn[nH]c1N. The highest BCUT2D eigenvalue weighted by atomic mass is 15.3. The van der Waals surface area contributed by atoms with Crippen LogP contribution in [-0.2, 0) is 6.54 Å². The third-order valence-corrected chi connectivity index (χ3v) is 2.16. The molecule has 0 fully saturated rings. The zero-order valence-electron chi connectivity index (χ0n) is 8.15. The Kier molecular flexibility index (Phi) is 1.95. The summed E-state index contributed by atoms with van der Waals surface area (Å²) in [6, 6.07) is 0. The lowest BCUT2D eigenvalue weighted by molar-refractivity contribution is 0.737. The maximum absolute atomic E-state index is 5.71. The number of rotatable bonds is 2. The van der Waals surface area contributed by atoms with Crippen LogP contribution in [0.15, 0.2) is 6.20 Å². The van der Waals surface area contributed by atoms with E-state index in [-0.39, 0.29) is 0 Å². The van der Waals surface area contributed by atoms with Gasteiger partial charge in [-0.25, -0.2) is 0 Å². The minimum Gasteiger partial charge on any atom is -0.383 e. The smallest absolute Gasteiger partial charge is 0.169 e. The number of anilines is 1. The Hall–Kier alpha value is -1.85. The van der Waals surface area contributed by atoms with Gasteiger partial charge in [-0.2, -0.15) is 5.10 Å². The molecule has 14 heavy (non-hydrogen) atoms. The summed E-state index contributed by atoms with van der Waals surface area (Å²) in [7, 11) is 0. The summed E-state index contributed by atoms with van der Waals surface area (Å²) < 4.78 is 1.99. The number of H-pyrrole nitrogens is 1. The summed E-state index contributed by atoms with van der Waals surface area (Å²) >= 11 is 0. The van der Waals surface area contributed by atoms with Gasteiger partial charge >= 0.3 is 0 Å². The number of hydrogen-bond donors (Lipinski definition) is 2. The van der Waals surface area contributed by atoms with Crippen LogP contribution < -0.4 is 5.73 Å². The predicted octanol–water partition coefficient (Wildman–Crippen LogP) is 0.579. The van der Waals surface area contributed by atoms with Crippen molar-refractivity contribution in [3.63, 3.8) is 0 Å². The monoisotopic (exact) mass is 192 g/mol. The van der Waals surface area contributed by atoms with Crippen molar-refractivity contribution in [2.24, 2.45) is 0 Å². The summed E-state index contributed by atoms with van der Waals surface area (Å²) in [6.45, 7) is 4.77. The van der Waals surface area contributed by atoms with E-state index in [1.165, 1.54) is 0 Å². The van der Waals surface area contributed by atoms with E-state index in [0.29, 0.717) is 5.82 Å². The van der Waals surface area contributed by atoms with Crippen LogP contribution in [0.4, 0.5) is 5.82 Å². The van der Waals surface area contributed by atoms with Gasteiger partial charge in [0.05, 0.1) is 11.8 Å². The second-order valence-corrected chi connectivity index (χ2v) is 3.01. The fourth-order valence-electron chi connectivity index (χ4n) is 1.43. The predicted molar refractivity (Wildman–Crippen MR) is 52.4 cm³/mol. The molecule has 0 aliphatic heterocycles. The van der Waals surface area contributed by atoms with Crippen LogP contribution in [0.25, 0.3) is 11.4 Å². The lowest BCUT2D eigenvalue weighted by Gasteiger charge is -2.03. The van der Waals surface area contributed by atoms with E-state index in [0.717, 1.165) is 23.8 Å². The van der Waals surface area contributed by atoms with Crippen LogP contribution in [0.1, 0.15) is 12.7 Å². The van der Waals surface area contributed by atoms with Gasteiger partial charge in [0.1, 0.15) is 11.6 Å². The van der Waals surface area contributed by atoms with Crippen LogP contribution >= 0.6 is 0 Å². The van der Waals surface area contributed by atoms with E-state index in [4.69, 9.17) is 5.73 Å². The first kappa shape index (κ1) is 8.74. The van der Waals surface area contributed by atoms with Crippen LogP contribution in [0, 0.1) is 6.92 Å². The Labute approximate surface area is 81.1 Å². The second kappa shape index (κ2) is 3.13. The van der Waals surface area contributed by atoms with Gasteiger partial charge in [0.2, 0.25) is 0 Å². The molecule has 0 radical (unpaired) electrons. The standard InChI is InChI=1S/C8H12N6/c1-3-14-5(2)11-13-8(14)6-4-10-12-7(6)9/h4H,3H2,1-2H3,(H3,9,10,12). The molecule has 74 valence electrons. The quantitative estimate of drug-likeness (QED) is 0.728. The van der Waals surface area contributed by atoms with E-state index in [1.54, 1.807) is 6.20 Å². The number of nitrogens with zero attached hydrogens (tertiary/aromatic N) is 4. The molecule has 3 N–H and O–H groups in total. The summed E-state index contributed by atoms with van der Waals surface area (Å²) in [6.07, 6.45) is 1.66. The molecular weight excluding hydrogens is 180 g/mol. The number of aromatic nitrogens is 5. The first-order valence-electron chi connectivity index (χ1n) is 4.43. The maximum Gasteiger partial charge on any atom is 0.169 e. The van der Waals surface area contributed by atoms with Gasteiger partial charge in [0.15, 0.2) is 5.82 Å². The van der Waals surface area contributed by atoms with Gasteiger partial charge in [-0.3, -0.25) is 5.10 Å². The summed E-state index contributed by atoms with van der Waals surface area (Å²) in [4.78, 5) is 0. The normalized spacial score (nSPS) is 10.7. The van der Waals surface area contributed by atoms with Crippen molar-refractivity contribution >= 4 is 5.82 Å². The van der Waals surface area contributed by atoms with Crippen molar-refractivity contribution in [2.75, 3.05) is 5.73 Å². The van der Waals surface area contributed by atoms with Crippen molar-refractivity contribution < 1.29 is 0 Å². The van der Waals surface area contributed by atoms with E-state index < -0.39 is 0 Å². The summed E-state index contributed by atoms with van der Waals surface area (Å²) in [5.74, 6) is 2.16. The molecule has 2 aromatic heterocycles. The highest BCUT2D eigenvalue weighted by Crippen LogP contribution is 2.21. The van der Waals surface area contributed by atoms with Crippen molar-refractivity contribution in [3.8, 4) is 11.4 Å². The fraction of sp³-hybridized carbons (Fsp3) is 0.375. The molecule has 2 rings (SSSR count). The number of aryl methyl sites for hydroxylation is 1. The van der Waals surface area contributed by atoms with Crippen LogP contribution in [-0.4, -0.2) is 25.0 Å². The molecule has 0 aromatic carbocycles. The Morgan fingerprint density at radius 1 is 1.50 bits per heavy atom. The molecular formula is C8H12N6. The number of nitrogens with two attached hydrogens (primary N) is 1. The van der Waals surface area contributed by atoms with Crippen LogP contribution in [0.2, 0.25) is 0 Å². The Balaban J connectivity index is 2.57. The number of nitrogens with one attached hydrogen (secondary N) is 1. The summed E-state index contributed by atoms with van der Waals surface area (Å²) in [5, 5.41) is 14.6. The highest BCUT2D eigenvalue weighted by Gasteiger charge is 2.13. The number of hydrogen-bond acceptors (Lipinski definition) is 4. The van der Waals surface area contributed by atoms with Gasteiger partial charge in [-0.15, -0.1) is 10.2 Å². The van der Waals surface area contributed by atoms with Crippen molar-refractivity contribution in [1.82, 2.24) is 25.0 Å². The second-order valence-electron chi connectivity index (χ2n) is 3.01. The van der Waals surface area contributed by atoms with E-state index >= 15 is 0 Å². The molecule has 0 aliphatic carbocycles. The fourth-order valence-corrected chi connectivity index (χ4v) is 1.43. The molecule has 0 spiro atoms. The molecule has 0 amide bonds. The minimum absolute atomic E-state index is 0.520. The molecule has 0 saturated heterocycles. The number of nitrogen functional groups attached to an aromatic ring is 1. The number of aromatic amines is 1. The van der Waals surface area contributed by atoms with Gasteiger partial charge in [0.25, 0.3) is 0 Å². The molecule has 6 heteroatoms. The molecule has 2 heterocycles. The zero-order chi connectivity index (χ0) is 10.1. The Bertz CT molecular complexity index is 440. The molecule has 0 atom stereocenters. The minimum atomic E-state index is 0.520. The third-order valence-electron chi connectivity index (χ3n) is 2.16.